The summed E-state index contributed by atoms with van der Waals surface area (Å²) in [6.45, 7) is 3.10. The van der Waals surface area contributed by atoms with Gasteiger partial charge in [-0.25, -0.2) is 14.4 Å². The zero-order chi connectivity index (χ0) is 16.4. The lowest BCUT2D eigenvalue weighted by atomic mass is 9.89. The Morgan fingerprint density at radius 1 is 1.43 bits per heavy atom. The van der Waals surface area contributed by atoms with Crippen LogP contribution in [-0.2, 0) is 4.79 Å². The smallest absolute Gasteiger partial charge is 0.223 e. The molecule has 2 heterocycles. The van der Waals surface area contributed by atoms with Crippen molar-refractivity contribution in [2.24, 2.45) is 0 Å². The van der Waals surface area contributed by atoms with Gasteiger partial charge in [-0.2, -0.15) is 0 Å². The van der Waals surface area contributed by atoms with Gasteiger partial charge in [-0.05, 0) is 36.1 Å². The summed E-state index contributed by atoms with van der Waals surface area (Å²) < 4.78 is 14.0. The number of hydrogen-bond acceptors (Lipinski definition) is 3. The second-order valence-corrected chi connectivity index (χ2v) is 6.10. The number of benzene rings is 1. The lowest BCUT2D eigenvalue weighted by molar-refractivity contribution is -0.130. The third kappa shape index (κ3) is 3.50. The number of hydrogen-bond donors (Lipinski definition) is 0. The lowest BCUT2D eigenvalue weighted by Gasteiger charge is -2.32. The molecule has 0 spiro atoms. The van der Waals surface area contributed by atoms with E-state index in [1.165, 1.54) is 0 Å². The number of piperidine rings is 1. The van der Waals surface area contributed by atoms with E-state index in [4.69, 9.17) is 11.6 Å². The van der Waals surface area contributed by atoms with Crippen LogP contribution in [0, 0.1) is 5.82 Å². The van der Waals surface area contributed by atoms with E-state index < -0.39 is 5.82 Å². The molecule has 1 aromatic carbocycles. The quantitative estimate of drug-likeness (QED) is 0.788. The zero-order valence-electron chi connectivity index (χ0n) is 12.8. The molecule has 0 aliphatic carbocycles. The van der Waals surface area contributed by atoms with Gasteiger partial charge in [0.2, 0.25) is 11.2 Å². The monoisotopic (exact) mass is 333 g/mol. The minimum absolute atomic E-state index is 0.0206. The average Bonchev–Trinajstić information content (AvgIpc) is 2.57. The molecular formula is C17H17ClFN3O. The van der Waals surface area contributed by atoms with Gasteiger partial charge in [0, 0.05) is 31.5 Å². The first-order valence-corrected chi connectivity index (χ1v) is 7.96. The standard InChI is InChI=1S/C17H17ClFN3O/c1-11(23)22-7-3-6-14(10-22)12-4-2-5-13(8-12)16-15(19)9-20-17(18)21-16/h2,4-5,8-9,14H,3,6-7,10H2,1H3. The van der Waals surface area contributed by atoms with Crippen molar-refractivity contribution in [3.8, 4) is 11.3 Å². The summed E-state index contributed by atoms with van der Waals surface area (Å²) in [6, 6.07) is 7.62. The van der Waals surface area contributed by atoms with Crippen LogP contribution >= 0.6 is 11.6 Å². The molecule has 23 heavy (non-hydrogen) atoms. The Hall–Kier alpha value is -2.01. The molecule has 1 fully saturated rings. The van der Waals surface area contributed by atoms with Crippen LogP contribution in [0.4, 0.5) is 4.39 Å². The SMILES string of the molecule is CC(=O)N1CCCC(c2cccc(-c3nc(Cl)ncc3F)c2)C1. The second-order valence-electron chi connectivity index (χ2n) is 5.77. The third-order valence-corrected chi connectivity index (χ3v) is 4.39. The first-order valence-electron chi connectivity index (χ1n) is 7.58. The van der Waals surface area contributed by atoms with Crippen molar-refractivity contribution in [2.75, 3.05) is 13.1 Å². The first kappa shape index (κ1) is 15.9. The summed E-state index contributed by atoms with van der Waals surface area (Å²) in [5, 5.41) is 0.0206. The molecule has 120 valence electrons. The highest BCUT2D eigenvalue weighted by Crippen LogP contribution is 2.30. The Morgan fingerprint density at radius 3 is 3.04 bits per heavy atom. The summed E-state index contributed by atoms with van der Waals surface area (Å²) >= 11 is 5.78. The number of carbonyl (C=O) groups excluding carboxylic acids is 1. The van der Waals surface area contributed by atoms with Gasteiger partial charge in [-0.15, -0.1) is 0 Å². The third-order valence-electron chi connectivity index (χ3n) is 4.21. The average molecular weight is 334 g/mol. The van der Waals surface area contributed by atoms with Gasteiger partial charge >= 0.3 is 0 Å². The van der Waals surface area contributed by atoms with Gasteiger partial charge in [-0.3, -0.25) is 4.79 Å². The molecule has 1 amide bonds. The Balaban J connectivity index is 1.91. The van der Waals surface area contributed by atoms with Crippen LogP contribution in [0.3, 0.4) is 0 Å². The molecule has 1 aromatic heterocycles. The fourth-order valence-corrected chi connectivity index (χ4v) is 3.16. The summed E-state index contributed by atoms with van der Waals surface area (Å²) in [5.74, 6) is -0.145. The van der Waals surface area contributed by atoms with E-state index in [0.29, 0.717) is 12.1 Å². The van der Waals surface area contributed by atoms with Crippen molar-refractivity contribution in [2.45, 2.75) is 25.7 Å². The molecule has 0 saturated carbocycles. The maximum atomic E-state index is 14.0. The topological polar surface area (TPSA) is 46.1 Å². The molecule has 0 bridgehead atoms. The Labute approximate surface area is 139 Å². The predicted octanol–water partition coefficient (Wildman–Crippen LogP) is 3.66. The minimum Gasteiger partial charge on any atom is -0.342 e. The first-order chi connectivity index (χ1) is 11.0. The van der Waals surface area contributed by atoms with Crippen LogP contribution < -0.4 is 0 Å². The van der Waals surface area contributed by atoms with E-state index in [0.717, 1.165) is 31.1 Å². The number of rotatable bonds is 2. The molecule has 1 aliphatic heterocycles. The number of halogens is 2. The van der Waals surface area contributed by atoms with E-state index >= 15 is 0 Å². The van der Waals surface area contributed by atoms with Crippen molar-refractivity contribution in [3.05, 3.63) is 47.1 Å². The largest absolute Gasteiger partial charge is 0.342 e. The van der Waals surface area contributed by atoms with Crippen LogP contribution in [0.25, 0.3) is 11.3 Å². The van der Waals surface area contributed by atoms with Crippen LogP contribution in [0.15, 0.2) is 30.5 Å². The zero-order valence-corrected chi connectivity index (χ0v) is 13.6. The molecule has 4 nitrogen and oxygen atoms in total. The van der Waals surface area contributed by atoms with E-state index in [-0.39, 0.29) is 22.8 Å². The van der Waals surface area contributed by atoms with Crippen LogP contribution in [0.5, 0.6) is 0 Å². The van der Waals surface area contributed by atoms with E-state index in [1.54, 1.807) is 13.0 Å². The van der Waals surface area contributed by atoms with E-state index in [1.807, 2.05) is 23.1 Å². The lowest BCUT2D eigenvalue weighted by Crippen LogP contribution is -2.37. The molecule has 1 aliphatic rings. The van der Waals surface area contributed by atoms with Crippen molar-refractivity contribution in [1.29, 1.82) is 0 Å². The van der Waals surface area contributed by atoms with Crippen molar-refractivity contribution >= 4 is 17.5 Å². The fraction of sp³-hybridized carbons (Fsp3) is 0.353. The maximum absolute atomic E-state index is 14.0. The predicted molar refractivity (Wildman–Crippen MR) is 86.7 cm³/mol. The molecule has 1 atom stereocenters. The molecule has 3 rings (SSSR count). The van der Waals surface area contributed by atoms with E-state index in [9.17, 15) is 9.18 Å². The Bertz CT molecular complexity index is 738. The van der Waals surface area contributed by atoms with Gasteiger partial charge in [0.25, 0.3) is 0 Å². The highest BCUT2D eigenvalue weighted by atomic mass is 35.5. The Morgan fingerprint density at radius 2 is 2.26 bits per heavy atom. The molecule has 6 heteroatoms. The summed E-state index contributed by atoms with van der Waals surface area (Å²) in [4.78, 5) is 21.1. The Kier molecular flexibility index (Phi) is 4.57. The van der Waals surface area contributed by atoms with Crippen molar-refractivity contribution in [3.63, 3.8) is 0 Å². The van der Waals surface area contributed by atoms with Crippen LogP contribution in [-0.4, -0.2) is 33.9 Å². The summed E-state index contributed by atoms with van der Waals surface area (Å²) in [7, 11) is 0. The van der Waals surface area contributed by atoms with Crippen molar-refractivity contribution in [1.82, 2.24) is 14.9 Å². The number of likely N-dealkylation sites (tertiary alicyclic amines) is 1. The molecular weight excluding hydrogens is 317 g/mol. The summed E-state index contributed by atoms with van der Waals surface area (Å²) in [6.07, 6.45) is 3.07. The number of carbonyl (C=O) groups is 1. The maximum Gasteiger partial charge on any atom is 0.223 e. The van der Waals surface area contributed by atoms with Gasteiger partial charge in [-0.1, -0.05) is 18.2 Å². The minimum atomic E-state index is -0.499. The van der Waals surface area contributed by atoms with Crippen LogP contribution in [0.2, 0.25) is 5.28 Å². The summed E-state index contributed by atoms with van der Waals surface area (Å²) in [5.41, 5.74) is 1.96. The number of aromatic nitrogens is 2. The second kappa shape index (κ2) is 6.62. The molecule has 1 unspecified atom stereocenters. The van der Waals surface area contributed by atoms with Gasteiger partial charge < -0.3 is 4.90 Å². The van der Waals surface area contributed by atoms with Gasteiger partial charge in [0.15, 0.2) is 5.82 Å². The van der Waals surface area contributed by atoms with E-state index in [2.05, 4.69) is 9.97 Å². The number of amides is 1. The highest BCUT2D eigenvalue weighted by molar-refractivity contribution is 6.28. The van der Waals surface area contributed by atoms with Crippen molar-refractivity contribution < 1.29 is 9.18 Å². The number of nitrogens with zero attached hydrogens (tertiary/aromatic N) is 3. The molecule has 1 saturated heterocycles. The van der Waals surface area contributed by atoms with Crippen LogP contribution in [0.1, 0.15) is 31.2 Å². The highest BCUT2D eigenvalue weighted by Gasteiger charge is 2.23. The van der Waals surface area contributed by atoms with Gasteiger partial charge in [0.1, 0.15) is 5.69 Å². The molecule has 2 aromatic rings. The molecule has 0 radical (unpaired) electrons. The molecule has 0 N–H and O–H groups in total. The normalized spacial score (nSPS) is 18.0. The fourth-order valence-electron chi connectivity index (χ4n) is 3.02. The van der Waals surface area contributed by atoms with Gasteiger partial charge in [0.05, 0.1) is 6.20 Å².